The Labute approximate surface area is 139 Å². The van der Waals surface area contributed by atoms with E-state index in [1.54, 1.807) is 4.90 Å². The summed E-state index contributed by atoms with van der Waals surface area (Å²) >= 11 is 0. The number of urea groups is 1. The molecule has 1 saturated heterocycles. The molecule has 0 spiro atoms. The molecular formula is C14H14F3N5O3. The van der Waals surface area contributed by atoms with Gasteiger partial charge >= 0.3 is 18.4 Å². The summed E-state index contributed by atoms with van der Waals surface area (Å²) in [5.41, 5.74) is 5.70. The van der Waals surface area contributed by atoms with Crippen LogP contribution < -0.4 is 15.4 Å². The Morgan fingerprint density at radius 2 is 1.80 bits per heavy atom. The Balaban J connectivity index is 1.66. The average Bonchev–Trinajstić information content (AvgIpc) is 3.04. The third kappa shape index (κ3) is 4.11. The Morgan fingerprint density at radius 3 is 2.36 bits per heavy atom. The number of primary amides is 1. The predicted octanol–water partition coefficient (Wildman–Crippen LogP) is 1.84. The number of nitrogens with two attached hydrogens (primary N) is 1. The van der Waals surface area contributed by atoms with Crippen LogP contribution in [0.1, 0.15) is 0 Å². The third-order valence-electron chi connectivity index (χ3n) is 3.62. The summed E-state index contributed by atoms with van der Waals surface area (Å²) in [6.07, 6.45) is -4.74. The van der Waals surface area contributed by atoms with Crippen LogP contribution in [0.5, 0.6) is 5.75 Å². The molecule has 2 aromatic rings. The average molecular weight is 357 g/mol. The van der Waals surface area contributed by atoms with Crippen LogP contribution in [-0.2, 0) is 0 Å². The van der Waals surface area contributed by atoms with E-state index in [0.29, 0.717) is 31.7 Å². The van der Waals surface area contributed by atoms with Gasteiger partial charge in [0.25, 0.3) is 0 Å². The van der Waals surface area contributed by atoms with Crippen molar-refractivity contribution in [3.05, 3.63) is 24.3 Å². The fourth-order valence-electron chi connectivity index (χ4n) is 2.38. The molecule has 25 heavy (non-hydrogen) atoms. The summed E-state index contributed by atoms with van der Waals surface area (Å²) in [5.74, 6) is -0.0894. The van der Waals surface area contributed by atoms with Crippen molar-refractivity contribution < 1.29 is 27.2 Å². The van der Waals surface area contributed by atoms with Crippen LogP contribution in [0, 0.1) is 0 Å². The molecule has 1 aliphatic heterocycles. The van der Waals surface area contributed by atoms with Crippen molar-refractivity contribution in [2.24, 2.45) is 5.73 Å². The molecule has 0 bridgehead atoms. The zero-order valence-corrected chi connectivity index (χ0v) is 12.9. The number of carbonyl (C=O) groups is 1. The lowest BCUT2D eigenvalue weighted by atomic mass is 10.2. The molecule has 0 unspecified atom stereocenters. The number of rotatable bonds is 3. The van der Waals surface area contributed by atoms with Gasteiger partial charge in [-0.2, -0.15) is 4.98 Å². The van der Waals surface area contributed by atoms with Crippen LogP contribution in [0.15, 0.2) is 28.8 Å². The summed E-state index contributed by atoms with van der Waals surface area (Å²) in [6.45, 7) is 1.86. The van der Waals surface area contributed by atoms with E-state index in [-0.39, 0.29) is 17.6 Å². The normalized spacial score (nSPS) is 15.3. The first-order chi connectivity index (χ1) is 11.8. The van der Waals surface area contributed by atoms with Crippen LogP contribution in [-0.4, -0.2) is 53.6 Å². The van der Waals surface area contributed by atoms with Gasteiger partial charge in [0.15, 0.2) is 0 Å². The lowest BCUT2D eigenvalue weighted by Gasteiger charge is -2.32. The number of nitrogens with zero attached hydrogens (tertiary/aromatic N) is 4. The largest absolute Gasteiger partial charge is 0.573 e. The highest BCUT2D eigenvalue weighted by Gasteiger charge is 2.31. The number of hydrogen-bond acceptors (Lipinski definition) is 6. The lowest BCUT2D eigenvalue weighted by Crippen LogP contribution is -2.50. The standard InChI is InChI=1S/C14H14F3N5O3/c15-14(16,17)24-10-3-1-9(2-4-10)11-19-13(25-20-11)22-7-5-21(6-8-22)12(18)23/h1-4H,5-8H2,(H2,18,23). The maximum atomic E-state index is 12.2. The van der Waals surface area contributed by atoms with Crippen LogP contribution in [0.3, 0.4) is 0 Å². The first-order valence-electron chi connectivity index (χ1n) is 7.31. The second kappa shape index (κ2) is 6.49. The Morgan fingerprint density at radius 1 is 1.16 bits per heavy atom. The van der Waals surface area contributed by atoms with E-state index >= 15 is 0 Å². The van der Waals surface area contributed by atoms with Gasteiger partial charge in [-0.05, 0) is 24.3 Å². The second-order valence-corrected chi connectivity index (χ2v) is 5.29. The summed E-state index contributed by atoms with van der Waals surface area (Å²) in [6, 6.07) is 4.94. The van der Waals surface area contributed by atoms with Gasteiger partial charge in [-0.15, -0.1) is 13.2 Å². The van der Waals surface area contributed by atoms with E-state index < -0.39 is 12.4 Å². The maximum Gasteiger partial charge on any atom is 0.573 e. The van der Waals surface area contributed by atoms with E-state index in [0.717, 1.165) is 0 Å². The van der Waals surface area contributed by atoms with Gasteiger partial charge in [0.2, 0.25) is 5.82 Å². The first kappa shape index (κ1) is 16.9. The summed E-state index contributed by atoms with van der Waals surface area (Å²) < 4.78 is 45.4. The Bertz CT molecular complexity index is 739. The van der Waals surface area contributed by atoms with E-state index in [9.17, 15) is 18.0 Å². The monoisotopic (exact) mass is 357 g/mol. The van der Waals surface area contributed by atoms with Gasteiger partial charge < -0.3 is 24.8 Å². The molecule has 2 N–H and O–H groups in total. The molecule has 134 valence electrons. The molecule has 0 saturated carbocycles. The van der Waals surface area contributed by atoms with Crippen molar-refractivity contribution in [2.75, 3.05) is 31.1 Å². The van der Waals surface area contributed by atoms with Crippen LogP contribution in [0.4, 0.5) is 24.0 Å². The molecule has 1 aliphatic rings. The SMILES string of the molecule is NC(=O)N1CCN(c2nc(-c3ccc(OC(F)(F)F)cc3)no2)CC1. The minimum Gasteiger partial charge on any atom is -0.406 e. The molecule has 0 atom stereocenters. The number of benzene rings is 1. The quantitative estimate of drug-likeness (QED) is 0.900. The van der Waals surface area contributed by atoms with Gasteiger partial charge in [0.05, 0.1) is 0 Å². The van der Waals surface area contributed by atoms with Crippen LogP contribution in [0.2, 0.25) is 0 Å². The number of hydrogen-bond donors (Lipinski definition) is 1. The highest BCUT2D eigenvalue weighted by atomic mass is 19.4. The van der Waals surface area contributed by atoms with Crippen LogP contribution >= 0.6 is 0 Å². The molecular weight excluding hydrogens is 343 g/mol. The summed E-state index contributed by atoms with van der Waals surface area (Å²) in [4.78, 5) is 18.6. The van der Waals surface area contributed by atoms with E-state index in [4.69, 9.17) is 10.3 Å². The molecule has 3 rings (SSSR count). The summed E-state index contributed by atoms with van der Waals surface area (Å²) in [7, 11) is 0. The number of alkyl halides is 3. The number of aromatic nitrogens is 2. The number of anilines is 1. The fourth-order valence-corrected chi connectivity index (χ4v) is 2.38. The topological polar surface area (TPSA) is 97.7 Å². The number of amides is 2. The van der Waals surface area contributed by atoms with E-state index in [2.05, 4.69) is 14.9 Å². The molecule has 0 radical (unpaired) electrons. The van der Waals surface area contributed by atoms with Crippen molar-refractivity contribution >= 4 is 12.0 Å². The zero-order chi connectivity index (χ0) is 18.0. The van der Waals surface area contributed by atoms with Crippen molar-refractivity contribution in [2.45, 2.75) is 6.36 Å². The van der Waals surface area contributed by atoms with Crippen molar-refractivity contribution in [1.29, 1.82) is 0 Å². The van der Waals surface area contributed by atoms with Crippen molar-refractivity contribution in [1.82, 2.24) is 15.0 Å². The molecule has 8 nitrogen and oxygen atoms in total. The van der Waals surface area contributed by atoms with Gasteiger partial charge in [0, 0.05) is 31.7 Å². The molecule has 2 amide bonds. The van der Waals surface area contributed by atoms with E-state index in [1.807, 2.05) is 0 Å². The minimum atomic E-state index is -4.74. The van der Waals surface area contributed by atoms with Gasteiger partial charge in [-0.1, -0.05) is 5.16 Å². The maximum absolute atomic E-state index is 12.2. The highest BCUT2D eigenvalue weighted by molar-refractivity contribution is 5.72. The molecule has 1 aromatic heterocycles. The molecule has 0 aliphatic carbocycles. The second-order valence-electron chi connectivity index (χ2n) is 5.29. The Hall–Kier alpha value is -2.98. The first-order valence-corrected chi connectivity index (χ1v) is 7.31. The molecule has 1 aromatic carbocycles. The van der Waals surface area contributed by atoms with Gasteiger partial charge in [-0.3, -0.25) is 0 Å². The number of carbonyl (C=O) groups excluding carboxylic acids is 1. The van der Waals surface area contributed by atoms with Gasteiger partial charge in [0.1, 0.15) is 5.75 Å². The van der Waals surface area contributed by atoms with Gasteiger partial charge in [-0.25, -0.2) is 4.79 Å². The number of ether oxygens (including phenoxy) is 1. The highest BCUT2D eigenvalue weighted by Crippen LogP contribution is 2.26. The fraction of sp³-hybridized carbons (Fsp3) is 0.357. The Kier molecular flexibility index (Phi) is 4.38. The number of piperazine rings is 1. The molecule has 1 fully saturated rings. The number of halogens is 3. The van der Waals surface area contributed by atoms with Crippen molar-refractivity contribution in [3.63, 3.8) is 0 Å². The van der Waals surface area contributed by atoms with E-state index in [1.165, 1.54) is 29.2 Å². The minimum absolute atomic E-state index is 0.242. The molecule has 2 heterocycles. The zero-order valence-electron chi connectivity index (χ0n) is 12.9. The van der Waals surface area contributed by atoms with Crippen molar-refractivity contribution in [3.8, 4) is 17.1 Å². The smallest absolute Gasteiger partial charge is 0.406 e. The van der Waals surface area contributed by atoms with Crippen LogP contribution in [0.25, 0.3) is 11.4 Å². The summed E-state index contributed by atoms with van der Waals surface area (Å²) in [5, 5.41) is 3.82. The predicted molar refractivity (Wildman–Crippen MR) is 79.8 cm³/mol. The lowest BCUT2D eigenvalue weighted by molar-refractivity contribution is -0.274. The molecule has 11 heteroatoms. The third-order valence-corrected chi connectivity index (χ3v) is 3.62.